The molecule has 3 N–H and O–H groups in total. The summed E-state index contributed by atoms with van der Waals surface area (Å²) in [5, 5.41) is 2.92. The van der Waals surface area contributed by atoms with E-state index in [9.17, 15) is 23.2 Å². The van der Waals surface area contributed by atoms with Crippen LogP contribution in [0, 0.1) is 0 Å². The van der Waals surface area contributed by atoms with Crippen molar-refractivity contribution < 1.29 is 23.2 Å². The van der Waals surface area contributed by atoms with Gasteiger partial charge in [-0.15, -0.1) is 0 Å². The fourth-order valence-corrected chi connectivity index (χ4v) is 4.71. The lowest BCUT2D eigenvalue weighted by Crippen LogP contribution is -2.53. The van der Waals surface area contributed by atoms with Gasteiger partial charge in [0.2, 0.25) is 11.8 Å². The first-order chi connectivity index (χ1) is 16.7. The van der Waals surface area contributed by atoms with Crippen LogP contribution in [-0.2, 0) is 22.6 Å². The second-order valence-electron chi connectivity index (χ2n) is 9.32. The third-order valence-electron chi connectivity index (χ3n) is 6.58. The molecule has 2 aliphatic rings. The maximum Gasteiger partial charge on any atom is 0.265 e. The van der Waals surface area contributed by atoms with Crippen molar-refractivity contribution in [1.29, 1.82) is 0 Å². The van der Waals surface area contributed by atoms with E-state index in [0.717, 1.165) is 16.0 Å². The van der Waals surface area contributed by atoms with Gasteiger partial charge in [0.05, 0.1) is 12.6 Å². The summed E-state index contributed by atoms with van der Waals surface area (Å²) in [6, 6.07) is 15.6. The number of carbonyl (C=O) groups is 3. The summed E-state index contributed by atoms with van der Waals surface area (Å²) in [6.07, 6.45) is -0.191. The number of alkyl halides is 2. The standard InChI is InChI=1S/C26H30F2N4O3/c27-26(28)11-10-23(33)31(17-26)16-21(29)13-24(34)32-15-20-9-5-4-8-19(20)12-22(32)14-30-25(35)18-6-2-1-3-7-18/h1-9,21-22H,10-17,29H2,(H,30,35)/t21-,22-/m0/s1. The number of benzene rings is 2. The molecule has 0 bridgehead atoms. The second-order valence-corrected chi connectivity index (χ2v) is 9.32. The fraction of sp³-hybridized carbons (Fsp3) is 0.423. The molecule has 3 amide bonds. The molecule has 1 saturated heterocycles. The highest BCUT2D eigenvalue weighted by Gasteiger charge is 2.39. The van der Waals surface area contributed by atoms with E-state index < -0.39 is 24.9 Å². The Morgan fingerprint density at radius 1 is 1.09 bits per heavy atom. The number of nitrogens with zero attached hydrogens (tertiary/aromatic N) is 2. The smallest absolute Gasteiger partial charge is 0.265 e. The molecule has 2 aromatic carbocycles. The van der Waals surface area contributed by atoms with Gasteiger partial charge in [-0.3, -0.25) is 14.4 Å². The maximum atomic E-state index is 13.8. The summed E-state index contributed by atoms with van der Waals surface area (Å²) >= 11 is 0. The Hall–Kier alpha value is -3.33. The van der Waals surface area contributed by atoms with Gasteiger partial charge in [0.1, 0.15) is 0 Å². The van der Waals surface area contributed by atoms with Crippen LogP contribution in [0.25, 0.3) is 0 Å². The van der Waals surface area contributed by atoms with Crippen molar-refractivity contribution in [3.05, 3.63) is 71.3 Å². The first-order valence-corrected chi connectivity index (χ1v) is 11.8. The van der Waals surface area contributed by atoms with Crippen LogP contribution in [0.5, 0.6) is 0 Å². The third kappa shape index (κ3) is 6.22. The number of nitrogens with two attached hydrogens (primary N) is 1. The Morgan fingerprint density at radius 3 is 2.51 bits per heavy atom. The van der Waals surface area contributed by atoms with Crippen molar-refractivity contribution in [3.8, 4) is 0 Å². The number of hydrogen-bond acceptors (Lipinski definition) is 4. The largest absolute Gasteiger partial charge is 0.350 e. The number of nitrogens with one attached hydrogen (secondary N) is 1. The average Bonchev–Trinajstić information content (AvgIpc) is 2.84. The number of likely N-dealkylation sites (tertiary alicyclic amines) is 1. The van der Waals surface area contributed by atoms with Gasteiger partial charge in [0.15, 0.2) is 0 Å². The van der Waals surface area contributed by atoms with Crippen LogP contribution in [-0.4, -0.2) is 65.2 Å². The molecule has 4 rings (SSSR count). The van der Waals surface area contributed by atoms with Crippen LogP contribution >= 0.6 is 0 Å². The lowest BCUT2D eigenvalue weighted by molar-refractivity contribution is -0.148. The Labute approximate surface area is 203 Å². The number of hydrogen-bond donors (Lipinski definition) is 2. The third-order valence-corrected chi connectivity index (χ3v) is 6.58. The van der Waals surface area contributed by atoms with Crippen LogP contribution in [0.4, 0.5) is 8.78 Å². The number of carbonyl (C=O) groups excluding carboxylic acids is 3. The van der Waals surface area contributed by atoms with E-state index >= 15 is 0 Å². The minimum Gasteiger partial charge on any atom is -0.350 e. The van der Waals surface area contributed by atoms with Crippen molar-refractivity contribution in [2.45, 2.75) is 50.2 Å². The molecule has 9 heteroatoms. The zero-order valence-electron chi connectivity index (χ0n) is 19.5. The molecule has 0 aliphatic carbocycles. The first-order valence-electron chi connectivity index (χ1n) is 11.8. The Morgan fingerprint density at radius 2 is 1.77 bits per heavy atom. The molecule has 2 aromatic rings. The molecule has 2 heterocycles. The highest BCUT2D eigenvalue weighted by atomic mass is 19.3. The normalized spacial score (nSPS) is 20.2. The van der Waals surface area contributed by atoms with Crippen molar-refractivity contribution in [3.63, 3.8) is 0 Å². The minimum absolute atomic E-state index is 0.0827. The van der Waals surface area contributed by atoms with Crippen molar-refractivity contribution >= 4 is 17.7 Å². The fourth-order valence-electron chi connectivity index (χ4n) is 4.71. The molecular formula is C26H30F2N4O3. The van der Waals surface area contributed by atoms with E-state index in [-0.39, 0.29) is 49.7 Å². The quantitative estimate of drug-likeness (QED) is 0.631. The van der Waals surface area contributed by atoms with Crippen LogP contribution in [0.15, 0.2) is 54.6 Å². The molecule has 0 saturated carbocycles. The van der Waals surface area contributed by atoms with E-state index in [1.165, 1.54) is 0 Å². The predicted octanol–water partition coefficient (Wildman–Crippen LogP) is 2.34. The van der Waals surface area contributed by atoms with E-state index in [1.54, 1.807) is 29.2 Å². The van der Waals surface area contributed by atoms with E-state index in [4.69, 9.17) is 5.73 Å². The molecule has 0 radical (unpaired) electrons. The summed E-state index contributed by atoms with van der Waals surface area (Å²) in [5.74, 6) is -3.76. The van der Waals surface area contributed by atoms with Gasteiger partial charge in [-0.2, -0.15) is 0 Å². The summed E-state index contributed by atoms with van der Waals surface area (Å²) in [6.45, 7) is -0.132. The van der Waals surface area contributed by atoms with Gasteiger partial charge < -0.3 is 20.9 Å². The summed E-state index contributed by atoms with van der Waals surface area (Å²) in [4.78, 5) is 40.7. The first kappa shape index (κ1) is 24.8. The van der Waals surface area contributed by atoms with Gasteiger partial charge in [0.25, 0.3) is 11.8 Å². The molecule has 0 aromatic heterocycles. The molecule has 2 atom stereocenters. The molecule has 1 fully saturated rings. The molecule has 35 heavy (non-hydrogen) atoms. The summed E-state index contributed by atoms with van der Waals surface area (Å²) in [7, 11) is 0. The number of halogens is 2. The van der Waals surface area contributed by atoms with Crippen LogP contribution < -0.4 is 11.1 Å². The molecule has 0 spiro atoms. The highest BCUT2D eigenvalue weighted by Crippen LogP contribution is 2.28. The van der Waals surface area contributed by atoms with Gasteiger partial charge in [0, 0.05) is 50.5 Å². The van der Waals surface area contributed by atoms with Gasteiger partial charge >= 0.3 is 0 Å². The molecule has 0 unspecified atom stereocenters. The Balaban J connectivity index is 1.42. The molecule has 2 aliphatic heterocycles. The minimum atomic E-state index is -2.93. The zero-order chi connectivity index (χ0) is 25.0. The second kappa shape index (κ2) is 10.5. The lowest BCUT2D eigenvalue weighted by Gasteiger charge is -2.38. The van der Waals surface area contributed by atoms with E-state index in [2.05, 4.69) is 5.32 Å². The topological polar surface area (TPSA) is 95.7 Å². The van der Waals surface area contributed by atoms with Gasteiger partial charge in [-0.05, 0) is 29.7 Å². The molecule has 7 nitrogen and oxygen atoms in total. The van der Waals surface area contributed by atoms with Gasteiger partial charge in [-0.1, -0.05) is 42.5 Å². The van der Waals surface area contributed by atoms with E-state index in [1.807, 2.05) is 30.3 Å². The van der Waals surface area contributed by atoms with E-state index in [0.29, 0.717) is 18.5 Å². The van der Waals surface area contributed by atoms with Crippen molar-refractivity contribution in [2.75, 3.05) is 19.6 Å². The summed E-state index contributed by atoms with van der Waals surface area (Å²) < 4.78 is 27.5. The number of fused-ring (bicyclic) bond motifs is 1. The zero-order valence-corrected chi connectivity index (χ0v) is 19.5. The number of amides is 3. The Bertz CT molecular complexity index is 1080. The Kier molecular flexibility index (Phi) is 7.45. The number of rotatable bonds is 7. The number of piperidine rings is 1. The monoisotopic (exact) mass is 484 g/mol. The highest BCUT2D eigenvalue weighted by molar-refractivity contribution is 5.94. The van der Waals surface area contributed by atoms with Crippen LogP contribution in [0.3, 0.4) is 0 Å². The van der Waals surface area contributed by atoms with Crippen LogP contribution in [0.2, 0.25) is 0 Å². The summed E-state index contributed by atoms with van der Waals surface area (Å²) in [5.41, 5.74) is 8.81. The maximum absolute atomic E-state index is 13.8. The SMILES string of the molecule is N[C@@H](CC(=O)N1Cc2ccccc2C[C@H]1CNC(=O)c1ccccc1)CN1CC(F)(F)CCC1=O. The lowest BCUT2D eigenvalue weighted by atomic mass is 9.93. The van der Waals surface area contributed by atoms with Crippen molar-refractivity contribution in [2.24, 2.45) is 5.73 Å². The molecular weight excluding hydrogens is 454 g/mol. The molecule has 186 valence electrons. The predicted molar refractivity (Wildman–Crippen MR) is 127 cm³/mol. The van der Waals surface area contributed by atoms with Crippen LogP contribution in [0.1, 0.15) is 40.7 Å². The van der Waals surface area contributed by atoms with Gasteiger partial charge in [-0.25, -0.2) is 8.78 Å². The van der Waals surface area contributed by atoms with Crippen molar-refractivity contribution in [1.82, 2.24) is 15.1 Å². The average molecular weight is 485 g/mol.